The molecule has 3 atom stereocenters. The fourth-order valence-electron chi connectivity index (χ4n) is 5.13. The molecule has 3 amide bonds. The highest BCUT2D eigenvalue weighted by Gasteiger charge is 2.42. The third-order valence-corrected chi connectivity index (χ3v) is 7.83. The van der Waals surface area contributed by atoms with Crippen LogP contribution in [0.1, 0.15) is 58.1 Å². The molecule has 8 nitrogen and oxygen atoms in total. The summed E-state index contributed by atoms with van der Waals surface area (Å²) < 4.78 is 41.9. The molecule has 0 aliphatic carbocycles. The molecule has 0 bridgehead atoms. The van der Waals surface area contributed by atoms with Crippen LogP contribution in [-0.2, 0) is 14.4 Å². The third-order valence-electron chi connectivity index (χ3n) is 7.30. The molecule has 230 valence electrons. The SMILES string of the molecule is CCN(CC)CCCC(C)NC(=O)CN1C(=O)[C@@H](CC(=O)Nc2ccc(OC(F)(F)F)cc2)C[C@@H]1c1ccc(Br)cc1. The molecule has 0 aromatic heterocycles. The summed E-state index contributed by atoms with van der Waals surface area (Å²) in [6.07, 6.45) is -2.84. The average molecular weight is 656 g/mol. The quantitative estimate of drug-likeness (QED) is 0.265. The zero-order valence-electron chi connectivity index (χ0n) is 24.0. The van der Waals surface area contributed by atoms with Gasteiger partial charge in [-0.2, -0.15) is 0 Å². The highest BCUT2D eigenvalue weighted by molar-refractivity contribution is 9.10. The van der Waals surface area contributed by atoms with Crippen molar-refractivity contribution >= 4 is 39.3 Å². The molecule has 3 rings (SSSR count). The molecule has 2 aromatic carbocycles. The van der Waals surface area contributed by atoms with E-state index in [1.165, 1.54) is 17.0 Å². The maximum absolute atomic E-state index is 13.5. The van der Waals surface area contributed by atoms with Gasteiger partial charge in [0, 0.05) is 28.5 Å². The van der Waals surface area contributed by atoms with E-state index in [1.54, 1.807) is 0 Å². The van der Waals surface area contributed by atoms with Crippen molar-refractivity contribution < 1.29 is 32.3 Å². The van der Waals surface area contributed by atoms with Gasteiger partial charge in [-0.1, -0.05) is 41.9 Å². The number of anilines is 1. The van der Waals surface area contributed by atoms with Crippen LogP contribution in [0.3, 0.4) is 0 Å². The first-order chi connectivity index (χ1) is 19.9. The lowest BCUT2D eigenvalue weighted by molar-refractivity contribution is -0.274. The zero-order chi connectivity index (χ0) is 30.9. The Morgan fingerprint density at radius 3 is 2.31 bits per heavy atom. The van der Waals surface area contributed by atoms with Crippen LogP contribution >= 0.6 is 15.9 Å². The number of ether oxygens (including phenoxy) is 1. The number of hydrogen-bond acceptors (Lipinski definition) is 5. The van der Waals surface area contributed by atoms with Crippen LogP contribution in [0.15, 0.2) is 53.0 Å². The van der Waals surface area contributed by atoms with Gasteiger partial charge in [-0.15, -0.1) is 13.2 Å². The first kappa shape index (κ1) is 33.4. The minimum Gasteiger partial charge on any atom is -0.406 e. The number of benzene rings is 2. The zero-order valence-corrected chi connectivity index (χ0v) is 25.6. The Labute approximate surface area is 253 Å². The molecule has 1 saturated heterocycles. The summed E-state index contributed by atoms with van der Waals surface area (Å²) in [4.78, 5) is 43.1. The molecule has 0 saturated carbocycles. The Balaban J connectivity index is 1.62. The lowest BCUT2D eigenvalue weighted by Gasteiger charge is -2.26. The minimum absolute atomic E-state index is 0.0496. The Morgan fingerprint density at radius 2 is 1.71 bits per heavy atom. The number of amides is 3. The van der Waals surface area contributed by atoms with Gasteiger partial charge in [-0.25, -0.2) is 0 Å². The molecule has 42 heavy (non-hydrogen) atoms. The van der Waals surface area contributed by atoms with Gasteiger partial charge >= 0.3 is 6.36 Å². The van der Waals surface area contributed by atoms with Crippen molar-refractivity contribution in [2.75, 3.05) is 31.5 Å². The van der Waals surface area contributed by atoms with E-state index in [2.05, 4.69) is 50.0 Å². The molecule has 0 spiro atoms. The van der Waals surface area contributed by atoms with Crippen molar-refractivity contribution in [2.45, 2.75) is 64.9 Å². The van der Waals surface area contributed by atoms with Crippen LogP contribution in [0.25, 0.3) is 0 Å². The number of alkyl halides is 3. The van der Waals surface area contributed by atoms with E-state index in [1.807, 2.05) is 31.2 Å². The van der Waals surface area contributed by atoms with E-state index in [-0.39, 0.29) is 42.6 Å². The van der Waals surface area contributed by atoms with Crippen molar-refractivity contribution in [3.63, 3.8) is 0 Å². The lowest BCUT2D eigenvalue weighted by Crippen LogP contribution is -2.43. The highest BCUT2D eigenvalue weighted by atomic mass is 79.9. The van der Waals surface area contributed by atoms with Gasteiger partial charge in [-0.3, -0.25) is 14.4 Å². The molecule has 1 fully saturated rings. The van der Waals surface area contributed by atoms with Gasteiger partial charge in [0.25, 0.3) is 0 Å². The Hall–Kier alpha value is -3.12. The number of likely N-dealkylation sites (tertiary alicyclic amines) is 1. The largest absolute Gasteiger partial charge is 0.573 e. The van der Waals surface area contributed by atoms with Crippen LogP contribution in [-0.4, -0.2) is 66.1 Å². The maximum atomic E-state index is 13.5. The van der Waals surface area contributed by atoms with Crippen LogP contribution in [0.5, 0.6) is 5.75 Å². The molecular weight excluding hydrogens is 617 g/mol. The second-order valence-electron chi connectivity index (χ2n) is 10.4. The second kappa shape index (κ2) is 15.4. The van der Waals surface area contributed by atoms with E-state index < -0.39 is 23.9 Å². The molecule has 1 aliphatic rings. The molecule has 1 aliphatic heterocycles. The molecular formula is C30H38BrF3N4O4. The van der Waals surface area contributed by atoms with E-state index in [0.29, 0.717) is 6.42 Å². The summed E-state index contributed by atoms with van der Waals surface area (Å²) >= 11 is 3.42. The number of hydrogen-bond donors (Lipinski definition) is 2. The van der Waals surface area contributed by atoms with Crippen molar-refractivity contribution in [1.29, 1.82) is 0 Å². The van der Waals surface area contributed by atoms with Crippen LogP contribution in [0.2, 0.25) is 0 Å². The van der Waals surface area contributed by atoms with Gasteiger partial charge in [0.1, 0.15) is 12.3 Å². The summed E-state index contributed by atoms with van der Waals surface area (Å²) in [6, 6.07) is 11.8. The number of rotatable bonds is 14. The molecule has 0 radical (unpaired) electrons. The smallest absolute Gasteiger partial charge is 0.406 e. The molecule has 1 unspecified atom stereocenters. The predicted octanol–water partition coefficient (Wildman–Crippen LogP) is 5.89. The van der Waals surface area contributed by atoms with E-state index in [0.717, 1.165) is 54.6 Å². The summed E-state index contributed by atoms with van der Waals surface area (Å²) in [5.74, 6) is -2.08. The number of halogens is 4. The van der Waals surface area contributed by atoms with Crippen LogP contribution in [0.4, 0.5) is 18.9 Å². The van der Waals surface area contributed by atoms with Crippen LogP contribution < -0.4 is 15.4 Å². The molecule has 2 N–H and O–H groups in total. The summed E-state index contributed by atoms with van der Waals surface area (Å²) in [6.45, 7) is 8.98. The number of nitrogens with zero attached hydrogens (tertiary/aromatic N) is 2. The van der Waals surface area contributed by atoms with E-state index in [9.17, 15) is 27.6 Å². The molecule has 1 heterocycles. The van der Waals surface area contributed by atoms with Crippen molar-refractivity contribution in [2.24, 2.45) is 5.92 Å². The van der Waals surface area contributed by atoms with E-state index in [4.69, 9.17) is 0 Å². The summed E-state index contributed by atoms with van der Waals surface area (Å²) in [5.41, 5.74) is 1.13. The third kappa shape index (κ3) is 10.3. The Bertz CT molecular complexity index is 1190. The van der Waals surface area contributed by atoms with Crippen LogP contribution in [0, 0.1) is 5.92 Å². The number of nitrogens with one attached hydrogen (secondary N) is 2. The summed E-state index contributed by atoms with van der Waals surface area (Å²) in [5, 5.41) is 5.63. The van der Waals surface area contributed by atoms with Gasteiger partial charge in [-0.05, 0) is 87.8 Å². The van der Waals surface area contributed by atoms with Crippen molar-refractivity contribution in [3.8, 4) is 5.75 Å². The predicted molar refractivity (Wildman–Crippen MR) is 158 cm³/mol. The topological polar surface area (TPSA) is 91.0 Å². The second-order valence-corrected chi connectivity index (χ2v) is 11.3. The highest BCUT2D eigenvalue weighted by Crippen LogP contribution is 2.38. The number of carbonyl (C=O) groups excluding carboxylic acids is 3. The average Bonchev–Trinajstić information content (AvgIpc) is 3.21. The molecule has 12 heteroatoms. The van der Waals surface area contributed by atoms with Gasteiger partial charge in [0.05, 0.1) is 6.04 Å². The fourth-order valence-corrected chi connectivity index (χ4v) is 5.39. The maximum Gasteiger partial charge on any atom is 0.573 e. The molecule has 2 aromatic rings. The lowest BCUT2D eigenvalue weighted by atomic mass is 9.97. The normalized spacial score (nSPS) is 17.8. The monoisotopic (exact) mass is 654 g/mol. The Morgan fingerprint density at radius 1 is 1.07 bits per heavy atom. The van der Waals surface area contributed by atoms with Gasteiger partial charge in [0.2, 0.25) is 17.7 Å². The van der Waals surface area contributed by atoms with Gasteiger partial charge < -0.3 is 25.2 Å². The van der Waals surface area contributed by atoms with Crippen molar-refractivity contribution in [3.05, 3.63) is 58.6 Å². The summed E-state index contributed by atoms with van der Waals surface area (Å²) in [7, 11) is 0. The standard InChI is InChI=1S/C30H38BrF3N4O4/c1-4-37(5-2)16-6-7-20(3)35-28(40)19-38-26(21-8-10-23(31)11-9-21)17-22(29(38)41)18-27(39)36-24-12-14-25(15-13-24)42-30(32,33)34/h8-15,20,22,26H,4-7,16-19H2,1-3H3,(H,35,40)(H,36,39)/t20?,22-,26-/m1/s1. The van der Waals surface area contributed by atoms with Gasteiger partial charge in [0.15, 0.2) is 0 Å². The van der Waals surface area contributed by atoms with E-state index >= 15 is 0 Å². The Kier molecular flexibility index (Phi) is 12.2. The first-order valence-corrected chi connectivity index (χ1v) is 14.9. The van der Waals surface area contributed by atoms with Crippen molar-refractivity contribution in [1.82, 2.24) is 15.1 Å². The number of carbonyl (C=O) groups is 3. The fraction of sp³-hybridized carbons (Fsp3) is 0.500. The minimum atomic E-state index is -4.81. The first-order valence-electron chi connectivity index (χ1n) is 14.1.